The third-order valence-corrected chi connectivity index (χ3v) is 5.36. The second kappa shape index (κ2) is 9.61. The number of benzene rings is 3. The van der Waals surface area contributed by atoms with Crippen molar-refractivity contribution in [3.05, 3.63) is 93.8 Å². The van der Waals surface area contributed by atoms with Crippen LogP contribution in [0.15, 0.2) is 75.9 Å². The molecule has 6 heteroatoms. The van der Waals surface area contributed by atoms with E-state index < -0.39 is 5.97 Å². The van der Waals surface area contributed by atoms with Gasteiger partial charge in [-0.3, -0.25) is 4.79 Å². The van der Waals surface area contributed by atoms with Gasteiger partial charge in [-0.2, -0.15) is 0 Å². The molecule has 3 aromatic carbocycles. The smallest absolute Gasteiger partial charge is 0.375 e. The van der Waals surface area contributed by atoms with E-state index in [9.17, 15) is 9.59 Å². The van der Waals surface area contributed by atoms with Crippen molar-refractivity contribution in [1.29, 1.82) is 0 Å². The van der Waals surface area contributed by atoms with E-state index in [0.717, 1.165) is 11.1 Å². The van der Waals surface area contributed by atoms with Gasteiger partial charge < -0.3 is 18.6 Å². The number of rotatable bonds is 7. The van der Waals surface area contributed by atoms with Crippen LogP contribution in [0.3, 0.4) is 0 Å². The van der Waals surface area contributed by atoms with Crippen molar-refractivity contribution in [3.63, 3.8) is 0 Å². The van der Waals surface area contributed by atoms with Gasteiger partial charge in [0.25, 0.3) is 0 Å². The summed E-state index contributed by atoms with van der Waals surface area (Å²) in [5.41, 5.74) is 2.80. The van der Waals surface area contributed by atoms with Crippen LogP contribution in [0.25, 0.3) is 22.1 Å². The zero-order valence-corrected chi connectivity index (χ0v) is 18.7. The topological polar surface area (TPSA) is 75.0 Å². The van der Waals surface area contributed by atoms with Crippen molar-refractivity contribution in [2.24, 2.45) is 0 Å². The van der Waals surface area contributed by atoms with E-state index in [1.807, 2.05) is 31.2 Å². The second-order valence-electron chi connectivity index (χ2n) is 7.46. The second-order valence-corrected chi connectivity index (χ2v) is 7.46. The van der Waals surface area contributed by atoms with E-state index in [0.29, 0.717) is 29.1 Å². The molecular formula is C27H24O6. The van der Waals surface area contributed by atoms with Gasteiger partial charge in [0.15, 0.2) is 0 Å². The standard InChI is InChI=1S/C27H24O6/c1-4-31-27(29)26-24(18-9-11-20(30-3)12-10-18)25(28)22-14-13-21(15-23(22)33-26)32-16-19-8-6-5-7-17(19)2/h5-15H,4,16H2,1-3H3. The number of aryl methyl sites for hydroxylation is 1. The van der Waals surface area contributed by atoms with Gasteiger partial charge in [-0.25, -0.2) is 4.79 Å². The van der Waals surface area contributed by atoms with E-state index in [-0.39, 0.29) is 28.9 Å². The lowest BCUT2D eigenvalue weighted by atomic mass is 10.0. The minimum Gasteiger partial charge on any atom is -0.497 e. The van der Waals surface area contributed by atoms with E-state index in [4.69, 9.17) is 18.6 Å². The Kier molecular flexibility index (Phi) is 6.45. The van der Waals surface area contributed by atoms with Crippen molar-refractivity contribution in [1.82, 2.24) is 0 Å². The number of esters is 1. The van der Waals surface area contributed by atoms with E-state index >= 15 is 0 Å². The lowest BCUT2D eigenvalue weighted by molar-refractivity contribution is 0.0492. The molecule has 0 spiro atoms. The molecule has 0 atom stereocenters. The molecule has 0 unspecified atom stereocenters. The van der Waals surface area contributed by atoms with Crippen LogP contribution >= 0.6 is 0 Å². The zero-order valence-electron chi connectivity index (χ0n) is 18.7. The van der Waals surface area contributed by atoms with Crippen molar-refractivity contribution in [3.8, 4) is 22.6 Å². The van der Waals surface area contributed by atoms with Crippen LogP contribution in [-0.2, 0) is 11.3 Å². The van der Waals surface area contributed by atoms with Gasteiger partial charge in [-0.1, -0.05) is 36.4 Å². The van der Waals surface area contributed by atoms with Gasteiger partial charge in [0.1, 0.15) is 23.7 Å². The maximum absolute atomic E-state index is 13.4. The van der Waals surface area contributed by atoms with Crippen LogP contribution in [0.1, 0.15) is 28.6 Å². The summed E-state index contributed by atoms with van der Waals surface area (Å²) in [5.74, 6) is 0.321. The van der Waals surface area contributed by atoms with Crippen LogP contribution in [0.4, 0.5) is 0 Å². The molecule has 168 valence electrons. The average molecular weight is 444 g/mol. The molecule has 4 aromatic rings. The molecule has 6 nitrogen and oxygen atoms in total. The van der Waals surface area contributed by atoms with Crippen LogP contribution in [0, 0.1) is 6.92 Å². The van der Waals surface area contributed by atoms with E-state index in [1.165, 1.54) is 0 Å². The number of ether oxygens (including phenoxy) is 3. The first kappa shape index (κ1) is 22.1. The van der Waals surface area contributed by atoms with Crippen LogP contribution in [-0.4, -0.2) is 19.7 Å². The first-order chi connectivity index (χ1) is 16.0. The van der Waals surface area contributed by atoms with Gasteiger partial charge in [0, 0.05) is 6.07 Å². The molecule has 0 bridgehead atoms. The summed E-state index contributed by atoms with van der Waals surface area (Å²) in [6.45, 7) is 4.24. The molecule has 0 saturated heterocycles. The van der Waals surface area contributed by atoms with Gasteiger partial charge in [0.05, 0.1) is 24.7 Å². The molecule has 1 heterocycles. The molecule has 1 aromatic heterocycles. The molecule has 0 aliphatic rings. The summed E-state index contributed by atoms with van der Waals surface area (Å²) in [7, 11) is 1.56. The average Bonchev–Trinajstić information content (AvgIpc) is 2.83. The summed E-state index contributed by atoms with van der Waals surface area (Å²) in [4.78, 5) is 26.1. The Morgan fingerprint density at radius 1 is 0.970 bits per heavy atom. The van der Waals surface area contributed by atoms with Gasteiger partial charge >= 0.3 is 5.97 Å². The quantitative estimate of drug-likeness (QED) is 0.349. The Balaban J connectivity index is 1.78. The third-order valence-electron chi connectivity index (χ3n) is 5.36. The van der Waals surface area contributed by atoms with Gasteiger partial charge in [0.2, 0.25) is 11.2 Å². The molecule has 33 heavy (non-hydrogen) atoms. The van der Waals surface area contributed by atoms with Crippen molar-refractivity contribution in [2.45, 2.75) is 20.5 Å². The van der Waals surface area contributed by atoms with Crippen LogP contribution < -0.4 is 14.9 Å². The summed E-state index contributed by atoms with van der Waals surface area (Å²) in [5, 5.41) is 0.345. The molecule has 0 saturated carbocycles. The molecule has 0 radical (unpaired) electrons. The fraction of sp³-hybridized carbons (Fsp3) is 0.185. The zero-order chi connectivity index (χ0) is 23.4. The first-order valence-electron chi connectivity index (χ1n) is 10.6. The maximum Gasteiger partial charge on any atom is 0.375 e. The number of hydrogen-bond acceptors (Lipinski definition) is 6. The SMILES string of the molecule is CCOC(=O)c1oc2cc(OCc3ccccc3C)ccc2c(=O)c1-c1ccc(OC)cc1. The molecule has 0 fully saturated rings. The first-order valence-corrected chi connectivity index (χ1v) is 10.6. The van der Waals surface area contributed by atoms with Gasteiger partial charge in [-0.15, -0.1) is 0 Å². The Bertz CT molecular complexity index is 1350. The monoisotopic (exact) mass is 444 g/mol. The third kappa shape index (κ3) is 4.60. The largest absolute Gasteiger partial charge is 0.497 e. The van der Waals surface area contributed by atoms with Crippen LogP contribution in [0.2, 0.25) is 0 Å². The summed E-state index contributed by atoms with van der Waals surface area (Å²) in [6, 6.07) is 19.8. The fourth-order valence-corrected chi connectivity index (χ4v) is 3.56. The minimum atomic E-state index is -0.700. The number of carbonyl (C=O) groups excluding carboxylic acids is 1. The molecule has 0 amide bonds. The molecular weight excluding hydrogens is 420 g/mol. The fourth-order valence-electron chi connectivity index (χ4n) is 3.56. The summed E-state index contributed by atoms with van der Waals surface area (Å²) in [6.07, 6.45) is 0. The maximum atomic E-state index is 13.4. The number of hydrogen-bond donors (Lipinski definition) is 0. The van der Waals surface area contributed by atoms with E-state index in [1.54, 1.807) is 56.5 Å². The lowest BCUT2D eigenvalue weighted by Gasteiger charge is -2.12. The van der Waals surface area contributed by atoms with Crippen molar-refractivity contribution < 1.29 is 23.4 Å². The molecule has 0 N–H and O–H groups in total. The molecule has 0 aliphatic carbocycles. The highest BCUT2D eigenvalue weighted by molar-refractivity contribution is 5.97. The lowest BCUT2D eigenvalue weighted by Crippen LogP contribution is -2.15. The summed E-state index contributed by atoms with van der Waals surface area (Å²) >= 11 is 0. The number of fused-ring (bicyclic) bond motifs is 1. The van der Waals surface area contributed by atoms with Crippen LogP contribution in [0.5, 0.6) is 11.5 Å². The van der Waals surface area contributed by atoms with Crippen molar-refractivity contribution >= 4 is 16.9 Å². The Hall–Kier alpha value is -4.06. The highest BCUT2D eigenvalue weighted by Gasteiger charge is 2.23. The predicted molar refractivity (Wildman–Crippen MR) is 126 cm³/mol. The number of methoxy groups -OCH3 is 1. The Labute approximate surface area is 191 Å². The minimum absolute atomic E-state index is 0.143. The Morgan fingerprint density at radius 3 is 2.39 bits per heavy atom. The molecule has 0 aliphatic heterocycles. The number of carbonyl (C=O) groups is 1. The van der Waals surface area contributed by atoms with E-state index in [2.05, 4.69) is 0 Å². The Morgan fingerprint density at radius 2 is 1.70 bits per heavy atom. The normalized spacial score (nSPS) is 10.8. The van der Waals surface area contributed by atoms with Crippen molar-refractivity contribution in [2.75, 3.05) is 13.7 Å². The predicted octanol–water partition coefficient (Wildman–Crippen LogP) is 5.53. The summed E-state index contributed by atoms with van der Waals surface area (Å²) < 4.78 is 22.2. The molecule has 4 rings (SSSR count). The highest BCUT2D eigenvalue weighted by atomic mass is 16.5. The van der Waals surface area contributed by atoms with Gasteiger partial charge in [-0.05, 0) is 54.8 Å². The highest BCUT2D eigenvalue weighted by Crippen LogP contribution is 2.29.